The largest absolute Gasteiger partial charge is 0.462 e. The summed E-state index contributed by atoms with van der Waals surface area (Å²) in [6, 6.07) is 18.3. The summed E-state index contributed by atoms with van der Waals surface area (Å²) in [5.41, 5.74) is -0.642. The van der Waals surface area contributed by atoms with Crippen molar-refractivity contribution in [1.29, 1.82) is 5.26 Å². The van der Waals surface area contributed by atoms with Crippen molar-refractivity contribution < 1.29 is 22.7 Å². The zero-order valence-corrected chi connectivity index (χ0v) is 21.6. The second-order valence-corrected chi connectivity index (χ2v) is 10.0. The van der Waals surface area contributed by atoms with Crippen LogP contribution in [0.3, 0.4) is 0 Å². The molecule has 0 fully saturated rings. The Bertz CT molecular complexity index is 1290. The average molecular weight is 530 g/mol. The van der Waals surface area contributed by atoms with Gasteiger partial charge in [0.2, 0.25) is 5.88 Å². The van der Waals surface area contributed by atoms with E-state index in [1.54, 1.807) is 30.3 Å². The smallest absolute Gasteiger partial charge is 0.417 e. The summed E-state index contributed by atoms with van der Waals surface area (Å²) in [6.45, 7) is 6.89. The molecule has 9 heteroatoms. The van der Waals surface area contributed by atoms with Crippen LogP contribution in [0, 0.1) is 11.3 Å². The standard InChI is InChI=1S/C28H27ClF3N3O2/c1-18(35-25(36)26(2,3)37-24-13-10-22(17-34-24)28(30,31)32)27(4,15-19-8-11-23(29)12-9-19)21-7-5-6-20(14-21)16-33/h5-14,17-18H,15H2,1-4H3,(H,35,36). The number of carbonyl (C=O) groups excluding carboxylic acids is 1. The molecule has 3 rings (SSSR count). The minimum Gasteiger partial charge on any atom is -0.462 e. The van der Waals surface area contributed by atoms with E-state index in [2.05, 4.69) is 16.4 Å². The molecule has 0 spiro atoms. The molecule has 37 heavy (non-hydrogen) atoms. The number of halogens is 4. The Hall–Kier alpha value is -3.57. The molecule has 0 bridgehead atoms. The molecule has 2 atom stereocenters. The molecule has 0 aliphatic rings. The van der Waals surface area contributed by atoms with E-state index in [0.717, 1.165) is 23.3 Å². The second-order valence-electron chi connectivity index (χ2n) is 9.60. The molecule has 2 unspecified atom stereocenters. The average Bonchev–Trinajstić information content (AvgIpc) is 2.84. The van der Waals surface area contributed by atoms with Crippen molar-refractivity contribution in [2.75, 3.05) is 0 Å². The molecule has 0 radical (unpaired) electrons. The number of rotatable bonds is 8. The number of ether oxygens (including phenoxy) is 1. The summed E-state index contributed by atoms with van der Waals surface area (Å²) in [5, 5.41) is 13.0. The van der Waals surface area contributed by atoms with Gasteiger partial charge in [0.25, 0.3) is 5.91 Å². The van der Waals surface area contributed by atoms with Crippen LogP contribution in [-0.2, 0) is 22.8 Å². The Labute approximate surface area is 219 Å². The van der Waals surface area contributed by atoms with Gasteiger partial charge in [-0.05, 0) is 68.7 Å². The zero-order chi connectivity index (χ0) is 27.4. The van der Waals surface area contributed by atoms with Crippen LogP contribution < -0.4 is 10.1 Å². The van der Waals surface area contributed by atoms with Gasteiger partial charge in [0.15, 0.2) is 5.60 Å². The highest BCUT2D eigenvalue weighted by Gasteiger charge is 2.39. The van der Waals surface area contributed by atoms with E-state index in [-0.39, 0.29) is 5.88 Å². The lowest BCUT2D eigenvalue weighted by Gasteiger charge is -2.39. The number of benzene rings is 2. The monoisotopic (exact) mass is 529 g/mol. The molecule has 1 aromatic heterocycles. The van der Waals surface area contributed by atoms with Crippen LogP contribution in [-0.4, -0.2) is 22.5 Å². The number of pyridine rings is 1. The molecule has 1 heterocycles. The van der Waals surface area contributed by atoms with E-state index in [4.69, 9.17) is 16.3 Å². The van der Waals surface area contributed by atoms with Gasteiger partial charge >= 0.3 is 6.18 Å². The number of alkyl halides is 3. The summed E-state index contributed by atoms with van der Waals surface area (Å²) in [7, 11) is 0. The lowest BCUT2D eigenvalue weighted by molar-refractivity contribution is -0.138. The number of nitrogens with zero attached hydrogens (tertiary/aromatic N) is 2. The lowest BCUT2D eigenvalue weighted by atomic mass is 9.71. The summed E-state index contributed by atoms with van der Waals surface area (Å²) in [6.07, 6.45) is -3.33. The molecule has 0 saturated carbocycles. The number of carbonyl (C=O) groups is 1. The molecule has 3 aromatic rings. The Morgan fingerprint density at radius 1 is 1.08 bits per heavy atom. The van der Waals surface area contributed by atoms with Gasteiger partial charge in [-0.25, -0.2) is 4.98 Å². The first-order chi connectivity index (χ1) is 17.2. The highest BCUT2D eigenvalue weighted by atomic mass is 35.5. The predicted molar refractivity (Wildman–Crippen MR) is 135 cm³/mol. The first-order valence-corrected chi connectivity index (χ1v) is 11.9. The van der Waals surface area contributed by atoms with Gasteiger partial charge in [-0.2, -0.15) is 18.4 Å². The normalized spacial score (nSPS) is 14.2. The van der Waals surface area contributed by atoms with Crippen molar-refractivity contribution in [3.05, 3.63) is 94.1 Å². The van der Waals surface area contributed by atoms with Gasteiger partial charge < -0.3 is 10.1 Å². The third-order valence-corrected chi connectivity index (χ3v) is 6.66. The Morgan fingerprint density at radius 3 is 2.32 bits per heavy atom. The first-order valence-electron chi connectivity index (χ1n) is 11.5. The Kier molecular flexibility index (Phi) is 8.19. The van der Waals surface area contributed by atoms with Crippen molar-refractivity contribution >= 4 is 17.5 Å². The molecule has 194 valence electrons. The second kappa shape index (κ2) is 10.8. The van der Waals surface area contributed by atoms with Crippen molar-refractivity contribution in [3.63, 3.8) is 0 Å². The van der Waals surface area contributed by atoms with Crippen LogP contribution >= 0.6 is 11.6 Å². The number of amides is 1. The number of nitrogens with one attached hydrogen (secondary N) is 1. The van der Waals surface area contributed by atoms with Gasteiger partial charge in [-0.1, -0.05) is 42.8 Å². The molecule has 0 saturated heterocycles. The van der Waals surface area contributed by atoms with Crippen LogP contribution in [0.4, 0.5) is 13.2 Å². The maximum absolute atomic E-state index is 13.3. The van der Waals surface area contributed by atoms with Crippen LogP contribution in [0.1, 0.15) is 49.9 Å². The van der Waals surface area contributed by atoms with Crippen molar-refractivity contribution in [1.82, 2.24) is 10.3 Å². The van der Waals surface area contributed by atoms with Gasteiger partial charge in [0.05, 0.1) is 17.2 Å². The van der Waals surface area contributed by atoms with Crippen LogP contribution in [0.25, 0.3) is 0 Å². The number of nitriles is 1. The molecular formula is C28H27ClF3N3O2. The fraction of sp³-hybridized carbons (Fsp3) is 0.321. The highest BCUT2D eigenvalue weighted by molar-refractivity contribution is 6.30. The van der Waals surface area contributed by atoms with E-state index in [9.17, 15) is 23.2 Å². The lowest BCUT2D eigenvalue weighted by Crippen LogP contribution is -2.55. The molecule has 5 nitrogen and oxygen atoms in total. The van der Waals surface area contributed by atoms with Gasteiger partial charge in [0, 0.05) is 28.7 Å². The maximum atomic E-state index is 13.3. The predicted octanol–water partition coefficient (Wildman–Crippen LogP) is 6.49. The topological polar surface area (TPSA) is 75.0 Å². The van der Waals surface area contributed by atoms with Crippen molar-refractivity contribution in [2.24, 2.45) is 0 Å². The van der Waals surface area contributed by atoms with Crippen LogP contribution in [0.15, 0.2) is 66.9 Å². The minimum absolute atomic E-state index is 0.105. The molecule has 1 N–H and O–H groups in total. The minimum atomic E-state index is -4.52. The third-order valence-electron chi connectivity index (χ3n) is 6.41. The fourth-order valence-electron chi connectivity index (χ4n) is 3.92. The van der Waals surface area contributed by atoms with Crippen molar-refractivity contribution in [3.8, 4) is 11.9 Å². The summed E-state index contributed by atoms with van der Waals surface area (Å²) in [5.74, 6) is -0.577. The van der Waals surface area contributed by atoms with Gasteiger partial charge in [-0.3, -0.25) is 4.79 Å². The maximum Gasteiger partial charge on any atom is 0.417 e. The Morgan fingerprint density at radius 2 is 1.76 bits per heavy atom. The SMILES string of the molecule is CC(NC(=O)C(C)(C)Oc1ccc(C(F)(F)F)cn1)C(C)(Cc1ccc(Cl)cc1)c1cccc(C#N)c1. The first kappa shape index (κ1) is 28.0. The molecule has 1 amide bonds. The number of hydrogen-bond acceptors (Lipinski definition) is 4. The zero-order valence-electron chi connectivity index (χ0n) is 20.9. The van der Waals surface area contributed by atoms with Gasteiger partial charge in [-0.15, -0.1) is 0 Å². The van der Waals surface area contributed by atoms with Crippen molar-refractivity contribution in [2.45, 2.75) is 57.3 Å². The quantitative estimate of drug-likeness (QED) is 0.362. The van der Waals surface area contributed by atoms with E-state index in [1.165, 1.54) is 13.8 Å². The highest BCUT2D eigenvalue weighted by Crippen LogP contribution is 2.34. The number of hydrogen-bond donors (Lipinski definition) is 1. The Balaban J connectivity index is 1.85. The summed E-state index contributed by atoms with van der Waals surface area (Å²) in [4.78, 5) is 17.0. The fourth-order valence-corrected chi connectivity index (χ4v) is 4.05. The molecular weight excluding hydrogens is 503 g/mol. The van der Waals surface area contributed by atoms with E-state index in [1.807, 2.05) is 32.0 Å². The third kappa shape index (κ3) is 6.80. The molecule has 2 aromatic carbocycles. The van der Waals surface area contributed by atoms with Crippen LogP contribution in [0.2, 0.25) is 5.02 Å². The molecule has 0 aliphatic heterocycles. The van der Waals surface area contributed by atoms with Gasteiger partial charge in [0.1, 0.15) is 0 Å². The summed E-state index contributed by atoms with van der Waals surface area (Å²) >= 11 is 6.05. The van der Waals surface area contributed by atoms with Crippen LogP contribution in [0.5, 0.6) is 5.88 Å². The summed E-state index contributed by atoms with van der Waals surface area (Å²) < 4.78 is 44.2. The van der Waals surface area contributed by atoms with E-state index < -0.39 is 34.7 Å². The number of aromatic nitrogens is 1. The van der Waals surface area contributed by atoms with E-state index in [0.29, 0.717) is 23.2 Å². The van der Waals surface area contributed by atoms with E-state index >= 15 is 0 Å². The molecule has 0 aliphatic carbocycles.